The number of nitrogens with zero attached hydrogens (tertiary/aromatic N) is 1. The van der Waals surface area contributed by atoms with Crippen molar-refractivity contribution in [2.75, 3.05) is 25.9 Å². The average Bonchev–Trinajstić information content (AvgIpc) is 2.28. The Morgan fingerprint density at radius 2 is 2.06 bits per heavy atom. The molecular formula is C11H20N2O3S. The summed E-state index contributed by atoms with van der Waals surface area (Å²) in [5.74, 6) is -0.375. The number of hydrogen-bond donors (Lipinski definition) is 2. The van der Waals surface area contributed by atoms with Crippen LogP contribution < -0.4 is 5.32 Å². The highest BCUT2D eigenvalue weighted by molar-refractivity contribution is 7.80. The van der Waals surface area contributed by atoms with Crippen molar-refractivity contribution in [1.82, 2.24) is 10.2 Å². The lowest BCUT2D eigenvalue weighted by atomic mass is 10.1. The van der Waals surface area contributed by atoms with Gasteiger partial charge >= 0.3 is 5.97 Å². The second-order valence-electron chi connectivity index (χ2n) is 4.38. The Bertz CT molecular complexity index is 278. The van der Waals surface area contributed by atoms with Crippen LogP contribution in [0.3, 0.4) is 0 Å². The van der Waals surface area contributed by atoms with E-state index in [1.54, 1.807) is 0 Å². The number of amides is 1. The van der Waals surface area contributed by atoms with Crippen LogP contribution in [0.4, 0.5) is 0 Å². The molecule has 1 saturated heterocycles. The summed E-state index contributed by atoms with van der Waals surface area (Å²) >= 11 is 4.04. The number of esters is 1. The molecule has 1 rings (SSSR count). The minimum Gasteiger partial charge on any atom is -0.461 e. The number of ether oxygens (including phenoxy) is 1. The summed E-state index contributed by atoms with van der Waals surface area (Å²) < 4.78 is 5.36. The molecule has 0 saturated carbocycles. The third-order valence-corrected chi connectivity index (χ3v) is 3.16. The van der Waals surface area contributed by atoms with E-state index in [9.17, 15) is 9.59 Å². The number of carbonyl (C=O) groups is 2. The molecule has 0 aromatic heterocycles. The first kappa shape index (κ1) is 14.3. The molecule has 98 valence electrons. The Morgan fingerprint density at radius 3 is 2.53 bits per heavy atom. The standard InChI is InChI=1S/C11H20N2O3S/c1-8(14)12-10(7-17)11(15)16-9-3-5-13(2)6-4-9/h9-10,17H,3-7H2,1-2H3,(H,12,14). The molecule has 0 aromatic rings. The third kappa shape index (κ3) is 4.95. The van der Waals surface area contributed by atoms with Gasteiger partial charge in [-0.05, 0) is 19.9 Å². The van der Waals surface area contributed by atoms with Crippen LogP contribution in [0.5, 0.6) is 0 Å². The molecule has 0 aliphatic carbocycles. The van der Waals surface area contributed by atoms with Crippen LogP contribution in [0.1, 0.15) is 19.8 Å². The van der Waals surface area contributed by atoms with E-state index < -0.39 is 6.04 Å². The highest BCUT2D eigenvalue weighted by atomic mass is 32.1. The van der Waals surface area contributed by atoms with Crippen molar-refractivity contribution in [3.05, 3.63) is 0 Å². The monoisotopic (exact) mass is 260 g/mol. The number of rotatable bonds is 4. The van der Waals surface area contributed by atoms with Gasteiger partial charge in [0.15, 0.2) is 0 Å². The van der Waals surface area contributed by atoms with E-state index in [2.05, 4.69) is 22.8 Å². The van der Waals surface area contributed by atoms with Crippen LogP contribution in [0.2, 0.25) is 0 Å². The summed E-state index contributed by atoms with van der Waals surface area (Å²) in [6, 6.07) is -0.643. The predicted octanol–water partition coefficient (Wildman–Crippen LogP) is 0.0583. The summed E-state index contributed by atoms with van der Waals surface area (Å²) in [7, 11) is 2.05. The van der Waals surface area contributed by atoms with Gasteiger partial charge in [-0.15, -0.1) is 0 Å². The Labute approximate surface area is 107 Å². The van der Waals surface area contributed by atoms with Gasteiger partial charge in [-0.25, -0.2) is 4.79 Å². The van der Waals surface area contributed by atoms with E-state index in [-0.39, 0.29) is 23.7 Å². The smallest absolute Gasteiger partial charge is 0.329 e. The zero-order valence-corrected chi connectivity index (χ0v) is 11.2. The van der Waals surface area contributed by atoms with Crippen molar-refractivity contribution in [3.8, 4) is 0 Å². The van der Waals surface area contributed by atoms with Crippen LogP contribution in [-0.2, 0) is 14.3 Å². The molecule has 1 amide bonds. The molecule has 1 aliphatic heterocycles. The number of carbonyl (C=O) groups excluding carboxylic acids is 2. The molecule has 1 fully saturated rings. The molecule has 1 aliphatic rings. The minimum atomic E-state index is -0.643. The van der Waals surface area contributed by atoms with Gasteiger partial charge in [-0.1, -0.05) is 0 Å². The lowest BCUT2D eigenvalue weighted by Gasteiger charge is -2.29. The fourth-order valence-electron chi connectivity index (χ4n) is 1.77. The van der Waals surface area contributed by atoms with Crippen molar-refractivity contribution < 1.29 is 14.3 Å². The fourth-order valence-corrected chi connectivity index (χ4v) is 2.01. The first-order valence-corrected chi connectivity index (χ1v) is 6.43. The largest absolute Gasteiger partial charge is 0.461 e. The number of likely N-dealkylation sites (tertiary alicyclic amines) is 1. The summed E-state index contributed by atoms with van der Waals surface area (Å²) in [5, 5.41) is 2.53. The average molecular weight is 260 g/mol. The van der Waals surface area contributed by atoms with Gasteiger partial charge in [0.1, 0.15) is 12.1 Å². The lowest BCUT2D eigenvalue weighted by molar-refractivity contribution is -0.154. The van der Waals surface area contributed by atoms with E-state index in [4.69, 9.17) is 4.74 Å². The zero-order chi connectivity index (χ0) is 12.8. The number of piperidine rings is 1. The van der Waals surface area contributed by atoms with Crippen LogP contribution in [0.25, 0.3) is 0 Å². The maximum atomic E-state index is 11.8. The third-order valence-electron chi connectivity index (χ3n) is 2.79. The van der Waals surface area contributed by atoms with Crippen molar-refractivity contribution >= 4 is 24.5 Å². The van der Waals surface area contributed by atoms with Gasteiger partial charge in [0.25, 0.3) is 0 Å². The van der Waals surface area contributed by atoms with Crippen LogP contribution in [-0.4, -0.2) is 54.8 Å². The molecule has 0 aromatic carbocycles. The second-order valence-corrected chi connectivity index (χ2v) is 4.74. The van der Waals surface area contributed by atoms with Crippen LogP contribution in [0.15, 0.2) is 0 Å². The second kappa shape index (κ2) is 6.86. The molecule has 6 heteroatoms. The summed E-state index contributed by atoms with van der Waals surface area (Å²) in [5.41, 5.74) is 0. The van der Waals surface area contributed by atoms with Gasteiger partial charge in [0, 0.05) is 25.8 Å². The van der Waals surface area contributed by atoms with E-state index in [1.807, 2.05) is 7.05 Å². The van der Waals surface area contributed by atoms with Gasteiger partial charge in [0.05, 0.1) is 0 Å². The molecule has 5 nitrogen and oxygen atoms in total. The van der Waals surface area contributed by atoms with Crippen LogP contribution in [0, 0.1) is 0 Å². The van der Waals surface area contributed by atoms with Crippen molar-refractivity contribution in [1.29, 1.82) is 0 Å². The van der Waals surface area contributed by atoms with Crippen molar-refractivity contribution in [2.24, 2.45) is 0 Å². The van der Waals surface area contributed by atoms with E-state index in [0.29, 0.717) is 0 Å². The number of hydrogen-bond acceptors (Lipinski definition) is 5. The lowest BCUT2D eigenvalue weighted by Crippen LogP contribution is -2.45. The van der Waals surface area contributed by atoms with Crippen molar-refractivity contribution in [2.45, 2.75) is 31.9 Å². The Balaban J connectivity index is 2.38. The summed E-state index contributed by atoms with van der Waals surface area (Å²) in [6.45, 7) is 3.24. The summed E-state index contributed by atoms with van der Waals surface area (Å²) in [6.07, 6.45) is 1.67. The highest BCUT2D eigenvalue weighted by Gasteiger charge is 2.25. The maximum absolute atomic E-state index is 11.8. The zero-order valence-electron chi connectivity index (χ0n) is 10.3. The Morgan fingerprint density at radius 1 is 1.47 bits per heavy atom. The molecule has 17 heavy (non-hydrogen) atoms. The molecule has 1 unspecified atom stereocenters. The summed E-state index contributed by atoms with van der Waals surface area (Å²) in [4.78, 5) is 24.9. The minimum absolute atomic E-state index is 0.0326. The van der Waals surface area contributed by atoms with E-state index >= 15 is 0 Å². The molecule has 0 radical (unpaired) electrons. The van der Waals surface area contributed by atoms with E-state index in [1.165, 1.54) is 6.92 Å². The molecule has 0 bridgehead atoms. The van der Waals surface area contributed by atoms with E-state index in [0.717, 1.165) is 25.9 Å². The maximum Gasteiger partial charge on any atom is 0.329 e. The number of nitrogens with one attached hydrogen (secondary N) is 1. The van der Waals surface area contributed by atoms with Gasteiger partial charge < -0.3 is 15.0 Å². The SMILES string of the molecule is CC(=O)NC(CS)C(=O)OC1CCN(C)CC1. The fraction of sp³-hybridized carbons (Fsp3) is 0.818. The normalized spacial score (nSPS) is 19.7. The quantitative estimate of drug-likeness (QED) is 0.554. The highest BCUT2D eigenvalue weighted by Crippen LogP contribution is 2.13. The Kier molecular flexibility index (Phi) is 5.77. The molecule has 1 heterocycles. The predicted molar refractivity (Wildman–Crippen MR) is 68.1 cm³/mol. The molecule has 1 atom stereocenters. The van der Waals surface area contributed by atoms with Crippen molar-refractivity contribution in [3.63, 3.8) is 0 Å². The first-order valence-electron chi connectivity index (χ1n) is 5.80. The number of thiol groups is 1. The Hall–Kier alpha value is -0.750. The van der Waals surface area contributed by atoms with Gasteiger partial charge in [-0.2, -0.15) is 12.6 Å². The van der Waals surface area contributed by atoms with Crippen LogP contribution >= 0.6 is 12.6 Å². The van der Waals surface area contributed by atoms with Gasteiger partial charge in [-0.3, -0.25) is 4.79 Å². The topological polar surface area (TPSA) is 58.6 Å². The van der Waals surface area contributed by atoms with Gasteiger partial charge in [0.2, 0.25) is 5.91 Å². The first-order chi connectivity index (χ1) is 8.02. The molecule has 0 spiro atoms. The molecular weight excluding hydrogens is 240 g/mol. The molecule has 1 N–H and O–H groups in total.